The van der Waals surface area contributed by atoms with E-state index < -0.39 is 17.9 Å². The summed E-state index contributed by atoms with van der Waals surface area (Å²) in [4.78, 5) is 26.6. The van der Waals surface area contributed by atoms with E-state index in [1.54, 1.807) is 12.1 Å². The summed E-state index contributed by atoms with van der Waals surface area (Å²) < 4.78 is 4.62. The minimum Gasteiger partial charge on any atom is -0.481 e. The average Bonchev–Trinajstić information content (AvgIpc) is 2.47. The van der Waals surface area contributed by atoms with E-state index in [9.17, 15) is 14.7 Å². The van der Waals surface area contributed by atoms with Crippen molar-refractivity contribution in [1.29, 1.82) is 0 Å². The smallest absolute Gasteiger partial charge is 0.356 e. The molecule has 1 aromatic heterocycles. The third-order valence-electron chi connectivity index (χ3n) is 3.59. The van der Waals surface area contributed by atoms with Crippen molar-refractivity contribution >= 4 is 17.6 Å². The van der Waals surface area contributed by atoms with E-state index in [-0.39, 0.29) is 11.7 Å². The zero-order valence-corrected chi connectivity index (χ0v) is 11.3. The van der Waals surface area contributed by atoms with Crippen LogP contribution in [-0.4, -0.2) is 35.2 Å². The largest absolute Gasteiger partial charge is 0.481 e. The Labute approximate surface area is 117 Å². The van der Waals surface area contributed by atoms with Crippen LogP contribution in [0.25, 0.3) is 0 Å². The monoisotopic (exact) mass is 278 g/mol. The van der Waals surface area contributed by atoms with Gasteiger partial charge >= 0.3 is 11.9 Å². The lowest BCUT2D eigenvalue weighted by Gasteiger charge is -2.30. The first-order valence-electron chi connectivity index (χ1n) is 6.65. The zero-order valence-electron chi connectivity index (χ0n) is 11.3. The minimum absolute atomic E-state index is 0.117. The summed E-state index contributed by atoms with van der Waals surface area (Å²) in [5, 5.41) is 12.4. The number of hydrogen-bond donors (Lipinski definition) is 2. The van der Waals surface area contributed by atoms with Gasteiger partial charge in [-0.05, 0) is 25.0 Å². The van der Waals surface area contributed by atoms with Crippen molar-refractivity contribution in [2.24, 2.45) is 5.92 Å². The number of carbonyl (C=O) groups excluding carboxylic acids is 1. The van der Waals surface area contributed by atoms with E-state index in [1.807, 2.05) is 0 Å². The maximum Gasteiger partial charge on any atom is 0.356 e. The van der Waals surface area contributed by atoms with Crippen LogP contribution in [0.2, 0.25) is 0 Å². The van der Waals surface area contributed by atoms with Gasteiger partial charge in [-0.1, -0.05) is 12.8 Å². The molecular weight excluding hydrogens is 260 g/mol. The highest BCUT2D eigenvalue weighted by atomic mass is 16.5. The molecule has 108 valence electrons. The SMILES string of the molecule is COC(=O)c1cc(NC2CCCCC2C(=O)O)ccn1. The number of carboxylic acid groups (broad SMARTS) is 1. The third-order valence-corrected chi connectivity index (χ3v) is 3.59. The lowest BCUT2D eigenvalue weighted by Crippen LogP contribution is -2.37. The van der Waals surface area contributed by atoms with Gasteiger partial charge in [-0.25, -0.2) is 9.78 Å². The molecule has 6 heteroatoms. The van der Waals surface area contributed by atoms with Gasteiger partial charge in [-0.3, -0.25) is 4.79 Å². The van der Waals surface area contributed by atoms with Crippen molar-refractivity contribution in [3.8, 4) is 0 Å². The van der Waals surface area contributed by atoms with E-state index in [1.165, 1.54) is 13.3 Å². The van der Waals surface area contributed by atoms with Crippen molar-refractivity contribution in [3.63, 3.8) is 0 Å². The Balaban J connectivity index is 2.12. The van der Waals surface area contributed by atoms with Crippen LogP contribution >= 0.6 is 0 Å². The minimum atomic E-state index is -0.774. The Kier molecular flexibility index (Phi) is 4.55. The molecule has 0 bridgehead atoms. The van der Waals surface area contributed by atoms with Gasteiger partial charge in [0.1, 0.15) is 5.69 Å². The molecule has 0 amide bonds. The molecule has 2 atom stereocenters. The van der Waals surface area contributed by atoms with Crippen LogP contribution in [0.15, 0.2) is 18.3 Å². The summed E-state index contributed by atoms with van der Waals surface area (Å²) in [6.45, 7) is 0. The summed E-state index contributed by atoms with van der Waals surface area (Å²) in [6.07, 6.45) is 4.96. The van der Waals surface area contributed by atoms with Gasteiger partial charge in [0.2, 0.25) is 0 Å². The molecule has 1 saturated carbocycles. The molecule has 0 spiro atoms. The van der Waals surface area contributed by atoms with Crippen molar-refractivity contribution in [2.45, 2.75) is 31.7 Å². The standard InChI is InChI=1S/C14H18N2O4/c1-20-14(19)12-8-9(6-7-15-12)16-11-5-3-2-4-10(11)13(17)18/h6-8,10-11H,2-5H2,1H3,(H,15,16)(H,17,18). The Morgan fingerprint density at radius 2 is 2.15 bits per heavy atom. The fourth-order valence-electron chi connectivity index (χ4n) is 2.55. The number of carboxylic acids is 1. The van der Waals surface area contributed by atoms with Gasteiger partial charge in [-0.2, -0.15) is 0 Å². The molecular formula is C14H18N2O4. The van der Waals surface area contributed by atoms with Crippen LogP contribution in [0.3, 0.4) is 0 Å². The molecule has 20 heavy (non-hydrogen) atoms. The zero-order chi connectivity index (χ0) is 14.5. The fraction of sp³-hybridized carbons (Fsp3) is 0.500. The van der Waals surface area contributed by atoms with Gasteiger partial charge in [0.25, 0.3) is 0 Å². The number of ether oxygens (including phenoxy) is 1. The van der Waals surface area contributed by atoms with Crippen LogP contribution in [-0.2, 0) is 9.53 Å². The number of nitrogens with one attached hydrogen (secondary N) is 1. The van der Waals surface area contributed by atoms with Gasteiger partial charge in [0, 0.05) is 17.9 Å². The first-order chi connectivity index (χ1) is 9.61. The maximum absolute atomic E-state index is 11.4. The van der Waals surface area contributed by atoms with Crippen LogP contribution in [0.4, 0.5) is 5.69 Å². The molecule has 1 aliphatic carbocycles. The quantitative estimate of drug-likeness (QED) is 0.818. The first kappa shape index (κ1) is 14.3. The van der Waals surface area contributed by atoms with Crippen LogP contribution < -0.4 is 5.32 Å². The highest BCUT2D eigenvalue weighted by Gasteiger charge is 2.30. The molecule has 1 heterocycles. The molecule has 1 fully saturated rings. The molecule has 1 aliphatic rings. The van der Waals surface area contributed by atoms with Crippen LogP contribution in [0.1, 0.15) is 36.2 Å². The molecule has 0 aromatic carbocycles. The third kappa shape index (κ3) is 3.26. The number of esters is 1. The van der Waals surface area contributed by atoms with E-state index in [4.69, 9.17) is 0 Å². The lowest BCUT2D eigenvalue weighted by atomic mass is 9.84. The van der Waals surface area contributed by atoms with Gasteiger partial charge in [0.05, 0.1) is 13.0 Å². The number of hydrogen-bond acceptors (Lipinski definition) is 5. The van der Waals surface area contributed by atoms with E-state index >= 15 is 0 Å². The topological polar surface area (TPSA) is 88.5 Å². The molecule has 0 saturated heterocycles. The van der Waals surface area contributed by atoms with Crippen molar-refractivity contribution < 1.29 is 19.4 Å². The first-order valence-corrected chi connectivity index (χ1v) is 6.65. The Morgan fingerprint density at radius 3 is 2.85 bits per heavy atom. The second kappa shape index (κ2) is 6.36. The highest BCUT2D eigenvalue weighted by molar-refractivity contribution is 5.88. The second-order valence-electron chi connectivity index (χ2n) is 4.90. The number of aliphatic carboxylic acids is 1. The van der Waals surface area contributed by atoms with E-state index in [0.29, 0.717) is 12.1 Å². The average molecular weight is 278 g/mol. The van der Waals surface area contributed by atoms with Gasteiger partial charge in [-0.15, -0.1) is 0 Å². The fourth-order valence-corrected chi connectivity index (χ4v) is 2.55. The van der Waals surface area contributed by atoms with Crippen molar-refractivity contribution in [2.75, 3.05) is 12.4 Å². The van der Waals surface area contributed by atoms with Crippen LogP contribution in [0, 0.1) is 5.92 Å². The summed E-state index contributed by atoms with van der Waals surface area (Å²) in [6, 6.07) is 3.19. The number of pyridine rings is 1. The normalized spacial score (nSPS) is 22.1. The second-order valence-corrected chi connectivity index (χ2v) is 4.90. The number of rotatable bonds is 4. The predicted octanol–water partition coefficient (Wildman–Crippen LogP) is 1.92. The number of nitrogens with zero attached hydrogens (tertiary/aromatic N) is 1. The van der Waals surface area contributed by atoms with Gasteiger partial charge in [0.15, 0.2) is 0 Å². The molecule has 2 rings (SSSR count). The van der Waals surface area contributed by atoms with E-state index in [2.05, 4.69) is 15.0 Å². The Hall–Kier alpha value is -2.11. The van der Waals surface area contributed by atoms with Gasteiger partial charge < -0.3 is 15.2 Å². The molecule has 2 unspecified atom stereocenters. The molecule has 1 aromatic rings. The van der Waals surface area contributed by atoms with E-state index in [0.717, 1.165) is 19.3 Å². The Morgan fingerprint density at radius 1 is 1.40 bits per heavy atom. The number of anilines is 1. The number of aromatic nitrogens is 1. The molecule has 0 aliphatic heterocycles. The predicted molar refractivity (Wildman–Crippen MR) is 72.6 cm³/mol. The molecule has 6 nitrogen and oxygen atoms in total. The molecule has 0 radical (unpaired) electrons. The van der Waals surface area contributed by atoms with Crippen molar-refractivity contribution in [3.05, 3.63) is 24.0 Å². The molecule has 2 N–H and O–H groups in total. The van der Waals surface area contributed by atoms with Crippen LogP contribution in [0.5, 0.6) is 0 Å². The summed E-state index contributed by atoms with van der Waals surface area (Å²) in [5.74, 6) is -1.67. The summed E-state index contributed by atoms with van der Waals surface area (Å²) in [7, 11) is 1.30. The summed E-state index contributed by atoms with van der Waals surface area (Å²) in [5.41, 5.74) is 0.902. The van der Waals surface area contributed by atoms with Crippen molar-refractivity contribution in [1.82, 2.24) is 4.98 Å². The Bertz CT molecular complexity index is 504. The summed E-state index contributed by atoms with van der Waals surface area (Å²) >= 11 is 0. The number of methoxy groups -OCH3 is 1. The number of carbonyl (C=O) groups is 2. The highest BCUT2D eigenvalue weighted by Crippen LogP contribution is 2.27. The lowest BCUT2D eigenvalue weighted by molar-refractivity contribution is -0.143. The maximum atomic E-state index is 11.4.